The van der Waals surface area contributed by atoms with Gasteiger partial charge in [-0.1, -0.05) is 0 Å². The van der Waals surface area contributed by atoms with Crippen LogP contribution in [0.1, 0.15) is 6.42 Å². The minimum atomic E-state index is -3.67. The van der Waals surface area contributed by atoms with Crippen molar-refractivity contribution >= 4 is 16.0 Å². The molecule has 0 aromatic carbocycles. The van der Waals surface area contributed by atoms with Crippen LogP contribution in [0.3, 0.4) is 0 Å². The largest absolute Gasteiger partial charge is 0.479 e. The van der Waals surface area contributed by atoms with E-state index in [9.17, 15) is 13.2 Å². The van der Waals surface area contributed by atoms with Crippen LogP contribution in [0.5, 0.6) is 0 Å². The van der Waals surface area contributed by atoms with E-state index in [1.165, 1.54) is 6.07 Å². The van der Waals surface area contributed by atoms with Crippen molar-refractivity contribution in [2.24, 2.45) is 0 Å². The lowest BCUT2D eigenvalue weighted by molar-refractivity contribution is -0.146. The Bertz CT molecular complexity index is 331. The lowest BCUT2D eigenvalue weighted by Crippen LogP contribution is -2.31. The van der Waals surface area contributed by atoms with Gasteiger partial charge in [0.2, 0.25) is 10.0 Å². The number of nitriles is 1. The molecule has 0 amide bonds. The van der Waals surface area contributed by atoms with E-state index in [4.69, 9.17) is 15.5 Å². The van der Waals surface area contributed by atoms with E-state index in [2.05, 4.69) is 0 Å². The van der Waals surface area contributed by atoms with Gasteiger partial charge in [0.05, 0.1) is 6.07 Å². The minimum absolute atomic E-state index is 0.211. The first-order chi connectivity index (χ1) is 6.39. The summed E-state index contributed by atoms with van der Waals surface area (Å²) in [6.07, 6.45) is -1.83. The second kappa shape index (κ2) is 5.54. The van der Waals surface area contributed by atoms with Crippen molar-refractivity contribution < 1.29 is 23.4 Å². The van der Waals surface area contributed by atoms with Crippen LogP contribution < -0.4 is 4.72 Å². The Hall–Kier alpha value is -1.17. The molecular weight excluding hydrogens is 212 g/mol. The second-order valence-corrected chi connectivity index (χ2v) is 4.26. The van der Waals surface area contributed by atoms with E-state index < -0.39 is 27.8 Å². The SMILES string of the molecule is N#CCS(=O)(=O)NCCC(O)C(=O)O. The third-order valence-corrected chi connectivity index (χ3v) is 2.43. The summed E-state index contributed by atoms with van der Waals surface area (Å²) in [5.74, 6) is -2.10. The molecule has 8 heteroatoms. The molecule has 0 fully saturated rings. The highest BCUT2D eigenvalue weighted by Crippen LogP contribution is 1.91. The first-order valence-electron chi connectivity index (χ1n) is 3.64. The van der Waals surface area contributed by atoms with Crippen LogP contribution in [0, 0.1) is 11.3 Å². The molecule has 14 heavy (non-hydrogen) atoms. The summed E-state index contributed by atoms with van der Waals surface area (Å²) in [6, 6.07) is 1.44. The molecule has 7 nitrogen and oxygen atoms in total. The van der Waals surface area contributed by atoms with Crippen LogP contribution in [-0.4, -0.2) is 43.0 Å². The fraction of sp³-hybridized carbons (Fsp3) is 0.667. The quantitative estimate of drug-likeness (QED) is 0.489. The number of sulfonamides is 1. The molecule has 80 valence electrons. The summed E-state index contributed by atoms with van der Waals surface area (Å²) in [5, 5.41) is 25.1. The summed E-state index contributed by atoms with van der Waals surface area (Å²) in [6.45, 7) is -0.211. The monoisotopic (exact) mass is 222 g/mol. The average Bonchev–Trinajstić information content (AvgIpc) is 2.03. The molecule has 0 aliphatic heterocycles. The molecule has 0 aliphatic carbocycles. The maximum Gasteiger partial charge on any atom is 0.332 e. The molecular formula is C6H10N2O5S. The number of carbonyl (C=O) groups is 1. The molecule has 0 bridgehead atoms. The van der Waals surface area contributed by atoms with Crippen LogP contribution in [-0.2, 0) is 14.8 Å². The number of carboxylic acid groups (broad SMARTS) is 1. The predicted octanol–water partition coefficient (Wildman–Crippen LogP) is -1.74. The number of aliphatic hydroxyl groups is 1. The van der Waals surface area contributed by atoms with Gasteiger partial charge in [-0.15, -0.1) is 0 Å². The van der Waals surface area contributed by atoms with E-state index in [0.29, 0.717) is 0 Å². The zero-order chi connectivity index (χ0) is 11.2. The first kappa shape index (κ1) is 12.8. The Morgan fingerprint density at radius 3 is 2.57 bits per heavy atom. The third-order valence-electron chi connectivity index (χ3n) is 1.28. The van der Waals surface area contributed by atoms with Crippen molar-refractivity contribution in [3.63, 3.8) is 0 Å². The molecule has 3 N–H and O–H groups in total. The highest BCUT2D eigenvalue weighted by molar-refractivity contribution is 7.89. The Balaban J connectivity index is 3.87. The summed E-state index contributed by atoms with van der Waals surface area (Å²) in [5.41, 5.74) is 0. The van der Waals surface area contributed by atoms with E-state index in [1.807, 2.05) is 4.72 Å². The van der Waals surface area contributed by atoms with Gasteiger partial charge < -0.3 is 10.2 Å². The van der Waals surface area contributed by atoms with Gasteiger partial charge in [-0.3, -0.25) is 0 Å². The molecule has 1 unspecified atom stereocenters. The van der Waals surface area contributed by atoms with Crippen LogP contribution in [0.2, 0.25) is 0 Å². The zero-order valence-corrected chi connectivity index (χ0v) is 7.99. The topological polar surface area (TPSA) is 127 Å². The number of nitrogens with one attached hydrogen (secondary N) is 1. The van der Waals surface area contributed by atoms with Gasteiger partial charge in [-0.2, -0.15) is 5.26 Å². The summed E-state index contributed by atoms with van der Waals surface area (Å²) < 4.78 is 23.6. The van der Waals surface area contributed by atoms with Crippen molar-refractivity contribution in [3.05, 3.63) is 0 Å². The standard InChI is InChI=1S/C6H10N2O5S/c7-2-4-14(12,13)8-3-1-5(9)6(10)11/h5,8-9H,1,3-4H2,(H,10,11). The van der Waals surface area contributed by atoms with Gasteiger partial charge in [-0.05, 0) is 6.42 Å². The smallest absolute Gasteiger partial charge is 0.332 e. The van der Waals surface area contributed by atoms with Gasteiger partial charge >= 0.3 is 5.97 Å². The molecule has 0 aliphatic rings. The van der Waals surface area contributed by atoms with E-state index in [0.717, 1.165) is 0 Å². The Morgan fingerprint density at radius 1 is 1.57 bits per heavy atom. The fourth-order valence-corrected chi connectivity index (χ4v) is 1.31. The molecule has 0 heterocycles. The van der Waals surface area contributed by atoms with Gasteiger partial charge in [0.15, 0.2) is 11.9 Å². The molecule has 0 aromatic rings. The third kappa shape index (κ3) is 5.47. The minimum Gasteiger partial charge on any atom is -0.479 e. The maximum absolute atomic E-state index is 10.8. The summed E-state index contributed by atoms with van der Waals surface area (Å²) in [4.78, 5) is 10.1. The van der Waals surface area contributed by atoms with Crippen LogP contribution in [0.4, 0.5) is 0 Å². The Labute approximate surface area is 81.0 Å². The molecule has 0 spiro atoms. The Morgan fingerprint density at radius 2 is 2.14 bits per heavy atom. The van der Waals surface area contributed by atoms with Gasteiger partial charge in [0.1, 0.15) is 0 Å². The van der Waals surface area contributed by atoms with Crippen molar-refractivity contribution in [1.82, 2.24) is 4.72 Å². The van der Waals surface area contributed by atoms with Crippen molar-refractivity contribution in [2.75, 3.05) is 12.3 Å². The number of hydrogen-bond donors (Lipinski definition) is 3. The van der Waals surface area contributed by atoms with Crippen molar-refractivity contribution in [2.45, 2.75) is 12.5 Å². The molecule has 0 saturated heterocycles. The maximum atomic E-state index is 10.8. The number of rotatable bonds is 6. The highest BCUT2D eigenvalue weighted by Gasteiger charge is 2.14. The molecule has 1 atom stereocenters. The number of aliphatic hydroxyl groups excluding tert-OH is 1. The van der Waals surface area contributed by atoms with Crippen molar-refractivity contribution in [3.8, 4) is 6.07 Å². The summed E-state index contributed by atoms with van der Waals surface area (Å²) >= 11 is 0. The van der Waals surface area contributed by atoms with Crippen LogP contribution in [0.25, 0.3) is 0 Å². The fourth-order valence-electron chi connectivity index (χ4n) is 0.611. The number of aliphatic carboxylic acids is 1. The molecule has 0 radical (unpaired) electrons. The van der Waals surface area contributed by atoms with Crippen LogP contribution in [0.15, 0.2) is 0 Å². The number of carboxylic acids is 1. The summed E-state index contributed by atoms with van der Waals surface area (Å²) in [7, 11) is -3.67. The Kier molecular flexibility index (Phi) is 5.07. The first-order valence-corrected chi connectivity index (χ1v) is 5.29. The molecule has 0 aromatic heterocycles. The zero-order valence-electron chi connectivity index (χ0n) is 7.17. The van der Waals surface area contributed by atoms with Gasteiger partial charge in [-0.25, -0.2) is 17.9 Å². The van der Waals surface area contributed by atoms with E-state index in [1.54, 1.807) is 0 Å². The van der Waals surface area contributed by atoms with E-state index >= 15 is 0 Å². The molecule has 0 rings (SSSR count). The normalized spacial score (nSPS) is 13.1. The van der Waals surface area contributed by atoms with E-state index in [-0.39, 0.29) is 13.0 Å². The lowest BCUT2D eigenvalue weighted by Gasteiger charge is -2.05. The lowest BCUT2D eigenvalue weighted by atomic mass is 10.3. The van der Waals surface area contributed by atoms with Crippen LogP contribution >= 0.6 is 0 Å². The number of nitrogens with zero attached hydrogens (tertiary/aromatic N) is 1. The van der Waals surface area contributed by atoms with Gasteiger partial charge in [0.25, 0.3) is 0 Å². The predicted molar refractivity (Wildman–Crippen MR) is 45.7 cm³/mol. The van der Waals surface area contributed by atoms with Crippen molar-refractivity contribution in [1.29, 1.82) is 5.26 Å². The number of hydrogen-bond acceptors (Lipinski definition) is 5. The second-order valence-electron chi connectivity index (χ2n) is 2.45. The average molecular weight is 222 g/mol. The van der Waals surface area contributed by atoms with Gasteiger partial charge in [0, 0.05) is 6.54 Å². The highest BCUT2D eigenvalue weighted by atomic mass is 32.2. The molecule has 0 saturated carbocycles.